The van der Waals surface area contributed by atoms with E-state index in [1.54, 1.807) is 12.1 Å². The van der Waals surface area contributed by atoms with E-state index in [0.29, 0.717) is 29.4 Å². The summed E-state index contributed by atoms with van der Waals surface area (Å²) in [7, 11) is 0. The second kappa shape index (κ2) is 18.5. The number of halogens is 1. The maximum atomic E-state index is 12.5. The number of carbonyl (C=O) groups excluding carboxylic acids is 6. The second-order valence-electron chi connectivity index (χ2n) is 10.3. The number of ether oxygens (including phenoxy) is 7. The van der Waals surface area contributed by atoms with Crippen LogP contribution in [0.2, 0.25) is 5.02 Å². The van der Waals surface area contributed by atoms with Crippen molar-refractivity contribution in [3.05, 3.63) is 64.2 Å². The lowest BCUT2D eigenvalue weighted by Gasteiger charge is -2.38. The van der Waals surface area contributed by atoms with Gasteiger partial charge in [0.05, 0.1) is 6.61 Å². The van der Waals surface area contributed by atoms with Gasteiger partial charge < -0.3 is 33.2 Å². The van der Waals surface area contributed by atoms with Gasteiger partial charge in [0.1, 0.15) is 12.4 Å². The number of rotatable bonds is 16. The van der Waals surface area contributed by atoms with E-state index in [1.165, 1.54) is 6.07 Å². The number of esters is 6. The molecule has 0 radical (unpaired) electrons. The molecule has 0 aromatic heterocycles. The van der Waals surface area contributed by atoms with Crippen LogP contribution in [0.5, 0.6) is 5.75 Å². The summed E-state index contributed by atoms with van der Waals surface area (Å²) in [6, 6.07) is 12.0. The minimum Gasteiger partial charge on any atom is -0.494 e. The summed E-state index contributed by atoms with van der Waals surface area (Å²) in [5, 5.41) is 0.374. The van der Waals surface area contributed by atoms with E-state index >= 15 is 0 Å². The van der Waals surface area contributed by atoms with Crippen LogP contribution in [0.15, 0.2) is 42.5 Å². The highest BCUT2D eigenvalue weighted by Crippen LogP contribution is 2.34. The van der Waals surface area contributed by atoms with Gasteiger partial charge in [0.25, 0.3) is 0 Å². The SMILES string of the molecule is CCOc1ccc(Cc2cc([C@H](OC(C)=O)[C@H](OC(C)=O)[C@@H](OC(C)=O)[C@H](OC(C)=O)[C@@H](COC(C)=O)OC(C)=O)ccc2Cl)cc1. The fourth-order valence-corrected chi connectivity index (χ4v) is 4.85. The highest BCUT2D eigenvalue weighted by Gasteiger charge is 2.48. The fourth-order valence-electron chi connectivity index (χ4n) is 4.66. The standard InChI is InChI=1S/C33H39ClO13/c1-8-41-27-12-9-24(10-13-27)15-26-16-25(11-14-28(26)34)30(44-20(4)37)32(46-22(6)39)33(47-23(7)40)31(45-21(5)38)29(43-19(3)36)17-42-18(2)35/h9-14,16,29-33H,8,15,17H2,1-7H3/t29-,30+,31-,32+,33+/m1/s1. The van der Waals surface area contributed by atoms with Crippen LogP contribution in [0.1, 0.15) is 71.3 Å². The Labute approximate surface area is 277 Å². The van der Waals surface area contributed by atoms with Gasteiger partial charge in [0.15, 0.2) is 30.5 Å². The van der Waals surface area contributed by atoms with E-state index in [4.69, 9.17) is 44.8 Å². The molecule has 0 unspecified atom stereocenters. The Morgan fingerprint density at radius 2 is 1.17 bits per heavy atom. The summed E-state index contributed by atoms with van der Waals surface area (Å²) >= 11 is 6.56. The van der Waals surface area contributed by atoms with Crippen molar-refractivity contribution in [2.24, 2.45) is 0 Å². The van der Waals surface area contributed by atoms with Crippen LogP contribution < -0.4 is 4.74 Å². The first-order valence-electron chi connectivity index (χ1n) is 14.6. The lowest BCUT2D eigenvalue weighted by Crippen LogP contribution is -2.54. The Kier molecular flexibility index (Phi) is 15.2. The first-order chi connectivity index (χ1) is 22.1. The maximum absolute atomic E-state index is 12.5. The predicted octanol–water partition coefficient (Wildman–Crippen LogP) is 4.22. The molecule has 0 amide bonds. The van der Waals surface area contributed by atoms with E-state index in [0.717, 1.165) is 47.1 Å². The van der Waals surface area contributed by atoms with Gasteiger partial charge in [-0.15, -0.1) is 0 Å². The van der Waals surface area contributed by atoms with Crippen LogP contribution in [0.25, 0.3) is 0 Å². The molecule has 0 saturated heterocycles. The van der Waals surface area contributed by atoms with Gasteiger partial charge in [-0.1, -0.05) is 35.9 Å². The molecule has 0 saturated carbocycles. The second-order valence-corrected chi connectivity index (χ2v) is 10.7. The number of carbonyl (C=O) groups is 6. The number of hydrogen-bond acceptors (Lipinski definition) is 13. The molecule has 0 N–H and O–H groups in total. The predicted molar refractivity (Wildman–Crippen MR) is 165 cm³/mol. The molecule has 256 valence electrons. The summed E-state index contributed by atoms with van der Waals surface area (Å²) in [5.74, 6) is -4.47. The minimum absolute atomic E-state index is 0.263. The Hall–Kier alpha value is -4.65. The molecule has 5 atom stereocenters. The van der Waals surface area contributed by atoms with Gasteiger partial charge in [-0.3, -0.25) is 28.8 Å². The average Bonchev–Trinajstić information content (AvgIpc) is 2.96. The largest absolute Gasteiger partial charge is 0.494 e. The van der Waals surface area contributed by atoms with Crippen LogP contribution in [-0.2, 0) is 63.6 Å². The zero-order valence-electron chi connectivity index (χ0n) is 27.2. The molecular formula is C33H39ClO13. The molecule has 0 aliphatic heterocycles. The number of hydrogen-bond donors (Lipinski definition) is 0. The Bertz CT molecular complexity index is 1420. The first-order valence-corrected chi connectivity index (χ1v) is 15.0. The monoisotopic (exact) mass is 678 g/mol. The zero-order chi connectivity index (χ0) is 35.3. The molecule has 0 fully saturated rings. The third-order valence-electron chi connectivity index (χ3n) is 6.31. The molecule has 0 aliphatic rings. The Morgan fingerprint density at radius 1 is 0.638 bits per heavy atom. The van der Waals surface area contributed by atoms with Crippen LogP contribution in [0, 0.1) is 0 Å². The van der Waals surface area contributed by atoms with Crippen molar-refractivity contribution in [3.8, 4) is 5.75 Å². The third-order valence-corrected chi connectivity index (χ3v) is 6.68. The third kappa shape index (κ3) is 12.9. The molecule has 0 heterocycles. The fraction of sp³-hybridized carbons (Fsp3) is 0.455. The van der Waals surface area contributed by atoms with Crippen molar-refractivity contribution in [2.75, 3.05) is 13.2 Å². The van der Waals surface area contributed by atoms with Gasteiger partial charge in [0, 0.05) is 46.6 Å². The Morgan fingerprint density at radius 3 is 1.68 bits per heavy atom. The molecule has 0 spiro atoms. The van der Waals surface area contributed by atoms with Gasteiger partial charge in [-0.25, -0.2) is 0 Å². The van der Waals surface area contributed by atoms with Gasteiger partial charge >= 0.3 is 35.8 Å². The topological polar surface area (TPSA) is 167 Å². The highest BCUT2D eigenvalue weighted by molar-refractivity contribution is 6.31. The summed E-state index contributed by atoms with van der Waals surface area (Å²) in [6.45, 7) is 8.13. The maximum Gasteiger partial charge on any atom is 0.303 e. The molecule has 0 bridgehead atoms. The van der Waals surface area contributed by atoms with Crippen molar-refractivity contribution in [2.45, 2.75) is 85.4 Å². The molecular weight excluding hydrogens is 640 g/mol. The first kappa shape index (κ1) is 38.5. The van der Waals surface area contributed by atoms with Gasteiger partial charge in [-0.2, -0.15) is 0 Å². The summed E-state index contributed by atoms with van der Waals surface area (Å²) in [5.41, 5.74) is 1.73. The van der Waals surface area contributed by atoms with E-state index in [-0.39, 0.29) is 5.56 Å². The van der Waals surface area contributed by atoms with Gasteiger partial charge in [-0.05, 0) is 48.2 Å². The average molecular weight is 679 g/mol. The van der Waals surface area contributed by atoms with Crippen LogP contribution in [0.3, 0.4) is 0 Å². The van der Waals surface area contributed by atoms with Crippen molar-refractivity contribution < 1.29 is 61.9 Å². The molecule has 47 heavy (non-hydrogen) atoms. The van der Waals surface area contributed by atoms with Crippen molar-refractivity contribution in [3.63, 3.8) is 0 Å². The Balaban J connectivity index is 2.75. The van der Waals surface area contributed by atoms with E-state index < -0.39 is 72.9 Å². The van der Waals surface area contributed by atoms with Crippen LogP contribution in [-0.4, -0.2) is 73.4 Å². The summed E-state index contributed by atoms with van der Waals surface area (Å²) in [4.78, 5) is 73.5. The summed E-state index contributed by atoms with van der Waals surface area (Å²) < 4.78 is 38.2. The number of benzene rings is 2. The molecule has 0 aliphatic carbocycles. The molecule has 2 aromatic carbocycles. The smallest absolute Gasteiger partial charge is 0.303 e. The quantitative estimate of drug-likeness (QED) is 0.183. The van der Waals surface area contributed by atoms with E-state index in [9.17, 15) is 28.8 Å². The highest BCUT2D eigenvalue weighted by atomic mass is 35.5. The van der Waals surface area contributed by atoms with E-state index in [2.05, 4.69) is 0 Å². The molecule has 13 nitrogen and oxygen atoms in total. The van der Waals surface area contributed by atoms with Crippen molar-refractivity contribution in [1.29, 1.82) is 0 Å². The van der Waals surface area contributed by atoms with Crippen LogP contribution >= 0.6 is 11.6 Å². The lowest BCUT2D eigenvalue weighted by atomic mass is 9.92. The van der Waals surface area contributed by atoms with E-state index in [1.807, 2.05) is 31.2 Å². The van der Waals surface area contributed by atoms with Gasteiger partial charge in [0.2, 0.25) is 0 Å². The van der Waals surface area contributed by atoms with Crippen molar-refractivity contribution in [1.82, 2.24) is 0 Å². The van der Waals surface area contributed by atoms with Crippen molar-refractivity contribution >= 4 is 47.4 Å². The molecule has 2 rings (SSSR count). The molecule has 2 aromatic rings. The minimum atomic E-state index is -1.77. The zero-order valence-corrected chi connectivity index (χ0v) is 28.0. The normalized spacial score (nSPS) is 13.9. The van der Waals surface area contributed by atoms with Crippen LogP contribution in [0.4, 0.5) is 0 Å². The summed E-state index contributed by atoms with van der Waals surface area (Å²) in [6.07, 6.45) is -7.89. The molecule has 14 heteroatoms. The lowest BCUT2D eigenvalue weighted by molar-refractivity contribution is -0.214.